The lowest BCUT2D eigenvalue weighted by Crippen LogP contribution is -2.39. The fraction of sp³-hybridized carbons (Fsp3) is 0.435. The zero-order valence-electron chi connectivity index (χ0n) is 17.3. The number of ether oxygens (including phenoxy) is 2. The summed E-state index contributed by atoms with van der Waals surface area (Å²) in [6, 6.07) is 14.5. The van der Waals surface area contributed by atoms with Crippen LogP contribution in [0.5, 0.6) is 11.5 Å². The quantitative estimate of drug-likeness (QED) is 0.693. The highest BCUT2D eigenvalue weighted by Gasteiger charge is 2.26. The smallest absolute Gasteiger partial charge is 0.238 e. The highest BCUT2D eigenvalue weighted by molar-refractivity contribution is 6.32. The molecule has 1 N–H and O–H groups in total. The fourth-order valence-electron chi connectivity index (χ4n) is 4.08. The Morgan fingerprint density at radius 1 is 1.07 bits per heavy atom. The van der Waals surface area contributed by atoms with Gasteiger partial charge in [0.25, 0.3) is 0 Å². The molecule has 0 spiro atoms. The lowest BCUT2D eigenvalue weighted by atomic mass is 9.81. The number of hydrogen-bond donors (Lipinski definition) is 1. The predicted octanol–water partition coefficient (Wildman–Crippen LogP) is 4.95. The zero-order valence-corrected chi connectivity index (χ0v) is 18.0. The number of anilines is 1. The van der Waals surface area contributed by atoms with Gasteiger partial charge >= 0.3 is 0 Å². The number of nitrogens with zero attached hydrogens (tertiary/aromatic N) is 1. The van der Waals surface area contributed by atoms with Gasteiger partial charge in [0.15, 0.2) is 0 Å². The fourth-order valence-corrected chi connectivity index (χ4v) is 4.31. The molecule has 2 aromatic carbocycles. The average Bonchev–Trinajstić information content (AvgIpc) is 2.75. The van der Waals surface area contributed by atoms with Gasteiger partial charge in [-0.05, 0) is 44.2 Å². The van der Waals surface area contributed by atoms with Gasteiger partial charge < -0.3 is 14.8 Å². The number of hydrogen-bond acceptors (Lipinski definition) is 4. The Labute approximate surface area is 177 Å². The molecule has 1 aliphatic rings. The first kappa shape index (κ1) is 21.5. The van der Waals surface area contributed by atoms with E-state index in [9.17, 15) is 4.79 Å². The number of methoxy groups -OCH3 is 2. The number of benzene rings is 2. The molecule has 0 bridgehead atoms. The van der Waals surface area contributed by atoms with Crippen molar-refractivity contribution in [1.82, 2.24) is 4.90 Å². The third-order valence-corrected chi connectivity index (χ3v) is 6.03. The van der Waals surface area contributed by atoms with Gasteiger partial charge in [-0.1, -0.05) is 41.9 Å². The topological polar surface area (TPSA) is 50.8 Å². The van der Waals surface area contributed by atoms with E-state index in [1.165, 1.54) is 5.56 Å². The second-order valence-electron chi connectivity index (χ2n) is 7.57. The molecule has 0 aliphatic heterocycles. The molecule has 0 heterocycles. The van der Waals surface area contributed by atoms with Gasteiger partial charge in [-0.2, -0.15) is 0 Å². The first-order valence-electron chi connectivity index (χ1n) is 9.98. The lowest BCUT2D eigenvalue weighted by Gasteiger charge is -2.34. The molecule has 0 atom stereocenters. The van der Waals surface area contributed by atoms with Crippen LogP contribution in [0.15, 0.2) is 42.5 Å². The summed E-state index contributed by atoms with van der Waals surface area (Å²) in [6.45, 7) is 0.328. The molecule has 0 unspecified atom stereocenters. The maximum absolute atomic E-state index is 12.6. The molecule has 0 saturated heterocycles. The van der Waals surface area contributed by atoms with Gasteiger partial charge in [0.1, 0.15) is 11.5 Å². The second-order valence-corrected chi connectivity index (χ2v) is 7.97. The van der Waals surface area contributed by atoms with Gasteiger partial charge in [0.05, 0.1) is 31.5 Å². The Morgan fingerprint density at radius 2 is 1.72 bits per heavy atom. The molecule has 2 aromatic rings. The van der Waals surface area contributed by atoms with E-state index >= 15 is 0 Å². The van der Waals surface area contributed by atoms with Crippen LogP contribution in [0.2, 0.25) is 5.02 Å². The van der Waals surface area contributed by atoms with Crippen molar-refractivity contribution in [1.29, 1.82) is 0 Å². The molecular weight excluding hydrogens is 388 g/mol. The van der Waals surface area contributed by atoms with Crippen molar-refractivity contribution >= 4 is 23.2 Å². The standard InChI is InChI=1S/C23H29ClN2O3/c1-26(18-11-9-17(10-12-18)16-7-5-4-6-8-16)15-23(27)25-20-14-21(28-2)19(24)13-22(20)29-3/h4-8,13-14,17-18H,9-12,15H2,1-3H3,(H,25,27). The molecule has 1 amide bonds. The number of nitrogens with one attached hydrogen (secondary N) is 1. The van der Waals surface area contributed by atoms with Crippen LogP contribution in [-0.2, 0) is 4.79 Å². The first-order valence-corrected chi connectivity index (χ1v) is 10.4. The third kappa shape index (κ3) is 5.43. The van der Waals surface area contributed by atoms with Crippen molar-refractivity contribution in [3.05, 3.63) is 53.1 Å². The summed E-state index contributed by atoms with van der Waals surface area (Å²) in [5.74, 6) is 1.55. The van der Waals surface area contributed by atoms with Gasteiger partial charge in [0, 0.05) is 18.2 Å². The zero-order chi connectivity index (χ0) is 20.8. The summed E-state index contributed by atoms with van der Waals surface area (Å²) >= 11 is 6.13. The highest BCUT2D eigenvalue weighted by atomic mass is 35.5. The molecule has 29 heavy (non-hydrogen) atoms. The Morgan fingerprint density at radius 3 is 2.34 bits per heavy atom. The number of likely N-dealkylation sites (N-methyl/N-ethyl adjacent to an activating group) is 1. The minimum Gasteiger partial charge on any atom is -0.495 e. The van der Waals surface area contributed by atoms with E-state index in [1.807, 2.05) is 7.05 Å². The van der Waals surface area contributed by atoms with E-state index in [-0.39, 0.29) is 5.91 Å². The van der Waals surface area contributed by atoms with Crippen LogP contribution in [-0.4, -0.2) is 44.7 Å². The van der Waals surface area contributed by atoms with Crippen molar-refractivity contribution in [2.45, 2.75) is 37.6 Å². The largest absolute Gasteiger partial charge is 0.495 e. The van der Waals surface area contributed by atoms with E-state index in [1.54, 1.807) is 26.4 Å². The summed E-state index contributed by atoms with van der Waals surface area (Å²) in [5.41, 5.74) is 1.98. The minimum absolute atomic E-state index is 0.0830. The molecule has 1 fully saturated rings. The van der Waals surface area contributed by atoms with E-state index in [0.29, 0.717) is 40.7 Å². The molecule has 6 heteroatoms. The van der Waals surface area contributed by atoms with Crippen LogP contribution >= 0.6 is 11.6 Å². The number of rotatable bonds is 7. The van der Waals surface area contributed by atoms with Gasteiger partial charge in [0.2, 0.25) is 5.91 Å². The predicted molar refractivity (Wildman–Crippen MR) is 117 cm³/mol. The molecule has 1 saturated carbocycles. The van der Waals surface area contributed by atoms with Crippen LogP contribution in [0.3, 0.4) is 0 Å². The molecule has 156 valence electrons. The van der Waals surface area contributed by atoms with Gasteiger partial charge in [-0.25, -0.2) is 0 Å². The van der Waals surface area contributed by atoms with Crippen LogP contribution in [0, 0.1) is 0 Å². The summed E-state index contributed by atoms with van der Waals surface area (Å²) < 4.78 is 10.6. The minimum atomic E-state index is -0.0830. The van der Waals surface area contributed by atoms with Crippen LogP contribution in [0.4, 0.5) is 5.69 Å². The maximum atomic E-state index is 12.6. The summed E-state index contributed by atoms with van der Waals surface area (Å²) in [4.78, 5) is 14.8. The number of carbonyl (C=O) groups is 1. The normalized spacial score (nSPS) is 19.1. The maximum Gasteiger partial charge on any atom is 0.238 e. The summed E-state index contributed by atoms with van der Waals surface area (Å²) in [5, 5.41) is 3.36. The molecular formula is C23H29ClN2O3. The Bertz CT molecular complexity index is 820. The molecule has 0 radical (unpaired) electrons. The van der Waals surface area contributed by atoms with E-state index in [4.69, 9.17) is 21.1 Å². The lowest BCUT2D eigenvalue weighted by molar-refractivity contribution is -0.117. The van der Waals surface area contributed by atoms with Gasteiger partial charge in [-0.3, -0.25) is 9.69 Å². The Kier molecular flexibility index (Phi) is 7.40. The second kappa shape index (κ2) is 9.99. The molecule has 0 aromatic heterocycles. The number of amides is 1. The van der Waals surface area contributed by atoms with E-state index < -0.39 is 0 Å². The Balaban J connectivity index is 1.55. The van der Waals surface area contributed by atoms with Crippen molar-refractivity contribution < 1.29 is 14.3 Å². The molecule has 5 nitrogen and oxygen atoms in total. The van der Waals surface area contributed by atoms with Crippen molar-refractivity contribution in [3.8, 4) is 11.5 Å². The third-order valence-electron chi connectivity index (χ3n) is 5.73. The van der Waals surface area contributed by atoms with Gasteiger partial charge in [-0.15, -0.1) is 0 Å². The monoisotopic (exact) mass is 416 g/mol. The van der Waals surface area contributed by atoms with Crippen LogP contribution in [0.25, 0.3) is 0 Å². The highest BCUT2D eigenvalue weighted by Crippen LogP contribution is 2.36. The Hall–Kier alpha value is -2.24. The van der Waals surface area contributed by atoms with E-state index in [0.717, 1.165) is 25.7 Å². The van der Waals surface area contributed by atoms with Crippen molar-refractivity contribution in [3.63, 3.8) is 0 Å². The average molecular weight is 417 g/mol. The SMILES string of the molecule is COc1cc(NC(=O)CN(C)C2CCC(c3ccccc3)CC2)c(OC)cc1Cl. The summed E-state index contributed by atoms with van der Waals surface area (Å²) in [7, 11) is 5.11. The number of carbonyl (C=O) groups excluding carboxylic acids is 1. The molecule has 3 rings (SSSR count). The number of halogens is 1. The van der Waals surface area contributed by atoms with Crippen molar-refractivity contribution in [2.75, 3.05) is 33.1 Å². The first-order chi connectivity index (χ1) is 14.0. The summed E-state index contributed by atoms with van der Waals surface area (Å²) in [6.07, 6.45) is 4.51. The molecule has 1 aliphatic carbocycles. The van der Waals surface area contributed by atoms with Crippen LogP contribution in [0.1, 0.15) is 37.2 Å². The van der Waals surface area contributed by atoms with Crippen molar-refractivity contribution in [2.24, 2.45) is 0 Å². The van der Waals surface area contributed by atoms with E-state index in [2.05, 4.69) is 40.5 Å². The van der Waals surface area contributed by atoms with Crippen LogP contribution < -0.4 is 14.8 Å².